The van der Waals surface area contributed by atoms with Gasteiger partial charge in [-0.25, -0.2) is 9.82 Å². The Balaban J connectivity index is 1.73. The molecule has 0 radical (unpaired) electrons. The van der Waals surface area contributed by atoms with E-state index in [0.29, 0.717) is 11.4 Å². The molecular formula is C16H17FN4O. The fourth-order valence-electron chi connectivity index (χ4n) is 2.61. The van der Waals surface area contributed by atoms with Crippen LogP contribution in [-0.4, -0.2) is 21.8 Å². The van der Waals surface area contributed by atoms with Crippen LogP contribution in [0.4, 0.5) is 4.39 Å². The molecule has 3 rings (SSSR count). The Hall–Kier alpha value is -2.50. The number of benzene rings is 1. The number of halogens is 1. The van der Waals surface area contributed by atoms with E-state index in [4.69, 9.17) is 0 Å². The Bertz CT molecular complexity index is 718. The second-order valence-electron chi connectivity index (χ2n) is 5.38. The maximum atomic E-state index is 12.9. The molecule has 6 heteroatoms. The number of aromatic nitrogens is 2. The molecule has 0 saturated heterocycles. The molecule has 0 aliphatic heterocycles. The molecule has 0 spiro atoms. The molecule has 5 nitrogen and oxygen atoms in total. The minimum Gasteiger partial charge on any atom is -0.281 e. The summed E-state index contributed by atoms with van der Waals surface area (Å²) < 4.78 is 12.9. The van der Waals surface area contributed by atoms with Gasteiger partial charge < -0.3 is 0 Å². The summed E-state index contributed by atoms with van der Waals surface area (Å²) in [5, 5.41) is 11.1. The van der Waals surface area contributed by atoms with Crippen LogP contribution >= 0.6 is 0 Å². The third-order valence-electron chi connectivity index (χ3n) is 3.86. The Labute approximate surface area is 127 Å². The second kappa shape index (κ2) is 6.09. The van der Waals surface area contributed by atoms with Crippen LogP contribution in [0.25, 0.3) is 0 Å². The molecule has 0 atom stereocenters. The molecule has 1 aromatic carbocycles. The first kappa shape index (κ1) is 14.4. The topological polar surface area (TPSA) is 70.1 Å². The summed E-state index contributed by atoms with van der Waals surface area (Å²) in [4.78, 5) is 12.2. The smallest absolute Gasteiger partial charge is 0.281 e. The first-order valence-corrected chi connectivity index (χ1v) is 7.32. The standard InChI is InChI=1S/C16H17FN4O/c1-10(11-6-8-12(17)9-7-11)18-21-16(22)15-13-4-2-3-5-14(13)19-20-15/h6-9H,2-5H2,1H3,(H,19,20)(H,21,22). The van der Waals surface area contributed by atoms with Gasteiger partial charge in [-0.05, 0) is 50.3 Å². The average molecular weight is 300 g/mol. The highest BCUT2D eigenvalue weighted by Gasteiger charge is 2.21. The Morgan fingerprint density at radius 3 is 2.77 bits per heavy atom. The number of hydrazone groups is 1. The van der Waals surface area contributed by atoms with E-state index in [9.17, 15) is 9.18 Å². The third kappa shape index (κ3) is 2.90. The van der Waals surface area contributed by atoms with Gasteiger partial charge in [-0.3, -0.25) is 9.89 Å². The number of nitrogens with one attached hydrogen (secondary N) is 2. The molecule has 2 N–H and O–H groups in total. The van der Waals surface area contributed by atoms with Crippen LogP contribution in [0, 0.1) is 5.82 Å². The highest BCUT2D eigenvalue weighted by atomic mass is 19.1. The van der Waals surface area contributed by atoms with Gasteiger partial charge in [0.1, 0.15) is 5.82 Å². The van der Waals surface area contributed by atoms with Gasteiger partial charge >= 0.3 is 0 Å². The van der Waals surface area contributed by atoms with Crippen LogP contribution in [0.5, 0.6) is 0 Å². The molecular weight excluding hydrogens is 283 g/mol. The minimum atomic E-state index is -0.319. The molecule has 1 aliphatic rings. The Kier molecular flexibility index (Phi) is 4.00. The first-order valence-electron chi connectivity index (χ1n) is 7.32. The molecule has 0 saturated carbocycles. The van der Waals surface area contributed by atoms with Crippen LogP contribution < -0.4 is 5.43 Å². The first-order chi connectivity index (χ1) is 10.6. The number of carbonyl (C=O) groups is 1. The second-order valence-corrected chi connectivity index (χ2v) is 5.38. The molecule has 0 unspecified atom stereocenters. The van der Waals surface area contributed by atoms with Crippen molar-refractivity contribution in [2.45, 2.75) is 32.6 Å². The molecule has 0 fully saturated rings. The number of hydrogen-bond acceptors (Lipinski definition) is 3. The van der Waals surface area contributed by atoms with E-state index in [2.05, 4.69) is 20.7 Å². The number of nitrogens with zero attached hydrogens (tertiary/aromatic N) is 2. The number of fused-ring (bicyclic) bond motifs is 1. The van der Waals surface area contributed by atoms with Crippen LogP contribution in [0.15, 0.2) is 29.4 Å². The van der Waals surface area contributed by atoms with E-state index in [1.807, 2.05) is 0 Å². The molecule has 22 heavy (non-hydrogen) atoms. The molecule has 0 bridgehead atoms. The largest absolute Gasteiger partial charge is 0.292 e. The Morgan fingerprint density at radius 2 is 2.00 bits per heavy atom. The number of aryl methyl sites for hydroxylation is 1. The lowest BCUT2D eigenvalue weighted by molar-refractivity contribution is 0.0948. The van der Waals surface area contributed by atoms with Crippen molar-refractivity contribution in [3.63, 3.8) is 0 Å². The van der Waals surface area contributed by atoms with Gasteiger partial charge in [-0.2, -0.15) is 10.2 Å². The third-order valence-corrected chi connectivity index (χ3v) is 3.86. The van der Waals surface area contributed by atoms with Crippen molar-refractivity contribution in [1.82, 2.24) is 15.6 Å². The zero-order chi connectivity index (χ0) is 15.5. The summed E-state index contributed by atoms with van der Waals surface area (Å²) in [6.45, 7) is 1.76. The summed E-state index contributed by atoms with van der Waals surface area (Å²) in [5.41, 5.74) is 6.36. The van der Waals surface area contributed by atoms with Gasteiger partial charge in [0.05, 0.1) is 5.71 Å². The van der Waals surface area contributed by atoms with Crippen LogP contribution in [0.1, 0.15) is 47.1 Å². The van der Waals surface area contributed by atoms with Gasteiger partial charge in [0.2, 0.25) is 0 Å². The van der Waals surface area contributed by atoms with Crippen molar-refractivity contribution in [2.75, 3.05) is 0 Å². The maximum absolute atomic E-state index is 12.9. The fraction of sp³-hybridized carbons (Fsp3) is 0.312. The van der Waals surface area contributed by atoms with E-state index in [0.717, 1.165) is 42.5 Å². The van der Waals surface area contributed by atoms with E-state index in [1.165, 1.54) is 12.1 Å². The molecule has 1 aliphatic carbocycles. The van der Waals surface area contributed by atoms with Crippen LogP contribution in [0.2, 0.25) is 0 Å². The van der Waals surface area contributed by atoms with E-state index in [1.54, 1.807) is 19.1 Å². The quantitative estimate of drug-likeness (QED) is 0.675. The van der Waals surface area contributed by atoms with Crippen molar-refractivity contribution in [3.05, 3.63) is 52.6 Å². The van der Waals surface area contributed by atoms with Crippen molar-refractivity contribution in [2.24, 2.45) is 5.10 Å². The van der Waals surface area contributed by atoms with Crippen LogP contribution in [-0.2, 0) is 12.8 Å². The van der Waals surface area contributed by atoms with Crippen molar-refractivity contribution in [1.29, 1.82) is 0 Å². The van der Waals surface area contributed by atoms with E-state index in [-0.39, 0.29) is 11.7 Å². The fourth-order valence-corrected chi connectivity index (χ4v) is 2.61. The lowest BCUT2D eigenvalue weighted by atomic mass is 9.96. The van der Waals surface area contributed by atoms with Gasteiger partial charge in [0, 0.05) is 11.3 Å². The number of aromatic amines is 1. The highest BCUT2D eigenvalue weighted by Crippen LogP contribution is 2.21. The predicted molar refractivity (Wildman–Crippen MR) is 81.3 cm³/mol. The lowest BCUT2D eigenvalue weighted by Gasteiger charge is -2.10. The number of amides is 1. The number of carbonyl (C=O) groups excluding carboxylic acids is 1. The minimum absolute atomic E-state index is 0.302. The average Bonchev–Trinajstić information content (AvgIpc) is 2.97. The van der Waals surface area contributed by atoms with E-state index >= 15 is 0 Å². The summed E-state index contributed by atoms with van der Waals surface area (Å²) in [7, 11) is 0. The van der Waals surface area contributed by atoms with E-state index < -0.39 is 0 Å². The van der Waals surface area contributed by atoms with Crippen LogP contribution in [0.3, 0.4) is 0 Å². The maximum Gasteiger partial charge on any atom is 0.292 e. The van der Waals surface area contributed by atoms with Gasteiger partial charge in [-0.15, -0.1) is 0 Å². The summed E-state index contributed by atoms with van der Waals surface area (Å²) in [6, 6.07) is 5.97. The molecule has 1 aromatic heterocycles. The molecule has 2 aromatic rings. The number of rotatable bonds is 3. The van der Waals surface area contributed by atoms with Crippen molar-refractivity contribution < 1.29 is 9.18 Å². The summed E-state index contributed by atoms with van der Waals surface area (Å²) in [6.07, 6.45) is 4.01. The SMILES string of the molecule is CC(=NNC(=O)c1n[nH]c2c1CCCC2)c1ccc(F)cc1. The monoisotopic (exact) mass is 300 g/mol. The number of H-pyrrole nitrogens is 1. The Morgan fingerprint density at radius 1 is 1.27 bits per heavy atom. The zero-order valence-corrected chi connectivity index (χ0v) is 12.3. The predicted octanol–water partition coefficient (Wildman–Crippen LogP) is 2.58. The molecule has 114 valence electrons. The van der Waals surface area contributed by atoms with Gasteiger partial charge in [-0.1, -0.05) is 12.1 Å². The number of hydrogen-bond donors (Lipinski definition) is 2. The lowest BCUT2D eigenvalue weighted by Crippen LogP contribution is -2.21. The van der Waals surface area contributed by atoms with Gasteiger partial charge in [0.25, 0.3) is 5.91 Å². The van der Waals surface area contributed by atoms with Crippen molar-refractivity contribution in [3.8, 4) is 0 Å². The normalized spacial score (nSPS) is 14.5. The zero-order valence-electron chi connectivity index (χ0n) is 12.3. The van der Waals surface area contributed by atoms with Crippen molar-refractivity contribution >= 4 is 11.6 Å². The molecule has 1 amide bonds. The highest BCUT2D eigenvalue weighted by molar-refractivity contribution is 6.00. The van der Waals surface area contributed by atoms with Gasteiger partial charge in [0.15, 0.2) is 5.69 Å². The summed E-state index contributed by atoms with van der Waals surface area (Å²) >= 11 is 0. The summed E-state index contributed by atoms with van der Waals surface area (Å²) in [5.74, 6) is -0.621. The molecule has 1 heterocycles.